The van der Waals surface area contributed by atoms with Crippen LogP contribution >= 0.6 is 0 Å². The molecule has 0 aromatic carbocycles. The predicted octanol–water partition coefficient (Wildman–Crippen LogP) is -1.30. The Bertz CT molecular complexity index is 68.1. The summed E-state index contributed by atoms with van der Waals surface area (Å²) in [5, 5.41) is 5.85. The minimum atomic E-state index is -0.0833. The Morgan fingerprint density at radius 1 is 1.43 bits per heavy atom. The Morgan fingerprint density at radius 2 is 2.00 bits per heavy atom. The van der Waals surface area contributed by atoms with Crippen LogP contribution in [0.2, 0.25) is 0 Å². The third-order valence-electron chi connectivity index (χ3n) is 0.990. The van der Waals surface area contributed by atoms with Gasteiger partial charge in [-0.3, -0.25) is 10.6 Å². The number of carbonyl (C=O) groups excluding carboxylic acids is 1. The van der Waals surface area contributed by atoms with E-state index in [-0.39, 0.29) is 6.17 Å². The summed E-state index contributed by atoms with van der Waals surface area (Å²) in [6, 6.07) is 0. The molecule has 1 heterocycles. The number of hydrogen-bond acceptors (Lipinski definition) is 3. The summed E-state index contributed by atoms with van der Waals surface area (Å²) in [6.07, 6.45) is 0.785. The van der Waals surface area contributed by atoms with Crippen molar-refractivity contribution in [2.45, 2.75) is 6.17 Å². The van der Waals surface area contributed by atoms with E-state index in [2.05, 4.69) is 10.6 Å². The molecule has 0 spiro atoms. The fourth-order valence-corrected chi connectivity index (χ4v) is 0.624. The van der Waals surface area contributed by atoms with Crippen LogP contribution in [0.15, 0.2) is 0 Å². The second-order valence-electron chi connectivity index (χ2n) is 1.52. The minimum Gasteiger partial charge on any atom is -0.300 e. The molecule has 0 unspecified atom stereocenters. The van der Waals surface area contributed by atoms with Gasteiger partial charge in [-0.05, 0) is 0 Å². The summed E-state index contributed by atoms with van der Waals surface area (Å²) in [4.78, 5) is 9.88. The molecule has 0 aromatic rings. The highest BCUT2D eigenvalue weighted by atomic mass is 16.1. The molecule has 0 aromatic heterocycles. The third-order valence-corrected chi connectivity index (χ3v) is 0.990. The van der Waals surface area contributed by atoms with Gasteiger partial charge in [-0.1, -0.05) is 0 Å². The van der Waals surface area contributed by atoms with Crippen molar-refractivity contribution in [2.24, 2.45) is 0 Å². The Kier molecular flexibility index (Phi) is 1.38. The van der Waals surface area contributed by atoms with Crippen LogP contribution in [0.3, 0.4) is 0 Å². The highest BCUT2D eigenvalue weighted by molar-refractivity contribution is 5.57. The molecule has 2 N–H and O–H groups in total. The van der Waals surface area contributed by atoms with Gasteiger partial charge in [0, 0.05) is 13.1 Å². The summed E-state index contributed by atoms with van der Waals surface area (Å²) in [5.41, 5.74) is 0. The largest absolute Gasteiger partial charge is 0.300 e. The van der Waals surface area contributed by atoms with Crippen LogP contribution in [0.5, 0.6) is 0 Å². The summed E-state index contributed by atoms with van der Waals surface area (Å²) in [6.45, 7) is 1.81. The molecule has 0 radical (unpaired) electrons. The monoisotopic (exact) mass is 100 g/mol. The number of hydrogen-bond donors (Lipinski definition) is 2. The lowest BCUT2D eigenvalue weighted by Crippen LogP contribution is -2.31. The molecule has 1 aliphatic heterocycles. The van der Waals surface area contributed by atoms with Crippen molar-refractivity contribution in [1.82, 2.24) is 10.6 Å². The zero-order valence-corrected chi connectivity index (χ0v) is 3.98. The van der Waals surface area contributed by atoms with Crippen molar-refractivity contribution in [2.75, 3.05) is 13.1 Å². The third kappa shape index (κ3) is 0.976. The average Bonchev–Trinajstić information content (AvgIpc) is 2.14. The van der Waals surface area contributed by atoms with E-state index < -0.39 is 0 Å². The lowest BCUT2D eigenvalue weighted by molar-refractivity contribution is -0.109. The highest BCUT2D eigenvalue weighted by Gasteiger charge is 2.08. The lowest BCUT2D eigenvalue weighted by atomic mass is 10.6. The molecule has 1 aliphatic rings. The van der Waals surface area contributed by atoms with Crippen molar-refractivity contribution in [3.05, 3.63) is 0 Å². The van der Waals surface area contributed by atoms with E-state index in [1.165, 1.54) is 0 Å². The molecule has 7 heavy (non-hydrogen) atoms. The number of nitrogens with one attached hydrogen (secondary N) is 2. The van der Waals surface area contributed by atoms with E-state index in [1.54, 1.807) is 0 Å². The Balaban J connectivity index is 2.26. The maximum atomic E-state index is 9.88. The Hall–Kier alpha value is -0.410. The first-order valence-corrected chi connectivity index (χ1v) is 2.35. The second-order valence-corrected chi connectivity index (χ2v) is 1.52. The van der Waals surface area contributed by atoms with Crippen LogP contribution in [-0.4, -0.2) is 25.5 Å². The quantitative estimate of drug-likeness (QED) is 0.402. The summed E-state index contributed by atoms with van der Waals surface area (Å²) in [5.74, 6) is 0. The molecule has 40 valence electrons. The van der Waals surface area contributed by atoms with Gasteiger partial charge in [0.1, 0.15) is 6.17 Å². The molecule has 1 saturated heterocycles. The molecule has 1 fully saturated rings. The van der Waals surface area contributed by atoms with E-state index in [4.69, 9.17) is 0 Å². The zero-order valence-electron chi connectivity index (χ0n) is 3.98. The van der Waals surface area contributed by atoms with E-state index in [9.17, 15) is 4.79 Å². The van der Waals surface area contributed by atoms with Crippen LogP contribution in [0, 0.1) is 0 Å². The second kappa shape index (κ2) is 2.04. The highest BCUT2D eigenvalue weighted by Crippen LogP contribution is 1.76. The maximum Gasteiger partial charge on any atom is 0.151 e. The van der Waals surface area contributed by atoms with E-state index in [0.717, 1.165) is 19.4 Å². The normalized spacial score (nSPS) is 22.9. The van der Waals surface area contributed by atoms with E-state index in [0.29, 0.717) is 0 Å². The Morgan fingerprint density at radius 3 is 2.29 bits per heavy atom. The fourth-order valence-electron chi connectivity index (χ4n) is 0.624. The lowest BCUT2D eigenvalue weighted by Gasteiger charge is -1.95. The van der Waals surface area contributed by atoms with Crippen LogP contribution in [0.1, 0.15) is 0 Å². The van der Waals surface area contributed by atoms with Gasteiger partial charge < -0.3 is 4.79 Å². The fraction of sp³-hybridized carbons (Fsp3) is 0.750. The van der Waals surface area contributed by atoms with Crippen LogP contribution in [0.25, 0.3) is 0 Å². The minimum absolute atomic E-state index is 0.0833. The smallest absolute Gasteiger partial charge is 0.151 e. The number of aldehydes is 1. The molecular formula is C4H8N2O. The van der Waals surface area contributed by atoms with E-state index >= 15 is 0 Å². The standard InChI is InChI=1S/C4H8N2O/c7-3-4-5-1-2-6-4/h3-6H,1-2H2. The zero-order chi connectivity index (χ0) is 5.11. The summed E-state index contributed by atoms with van der Waals surface area (Å²) >= 11 is 0. The average molecular weight is 100 g/mol. The van der Waals surface area contributed by atoms with Gasteiger partial charge in [0.2, 0.25) is 0 Å². The molecule has 0 bridgehead atoms. The molecule has 3 nitrogen and oxygen atoms in total. The van der Waals surface area contributed by atoms with Crippen molar-refractivity contribution in [3.63, 3.8) is 0 Å². The van der Waals surface area contributed by atoms with Crippen LogP contribution in [-0.2, 0) is 4.79 Å². The molecule has 0 atom stereocenters. The van der Waals surface area contributed by atoms with Crippen molar-refractivity contribution >= 4 is 6.29 Å². The molecule has 1 rings (SSSR count). The molecule has 0 aliphatic carbocycles. The SMILES string of the molecule is O=CC1NCCN1. The Labute approximate surface area is 42.1 Å². The van der Waals surface area contributed by atoms with Gasteiger partial charge in [-0.15, -0.1) is 0 Å². The van der Waals surface area contributed by atoms with Crippen LogP contribution in [0.4, 0.5) is 0 Å². The first-order valence-electron chi connectivity index (χ1n) is 2.35. The van der Waals surface area contributed by atoms with Crippen molar-refractivity contribution in [3.8, 4) is 0 Å². The first kappa shape index (κ1) is 4.74. The predicted molar refractivity (Wildman–Crippen MR) is 25.9 cm³/mol. The first-order chi connectivity index (χ1) is 3.43. The van der Waals surface area contributed by atoms with Gasteiger partial charge >= 0.3 is 0 Å². The van der Waals surface area contributed by atoms with Gasteiger partial charge in [0.05, 0.1) is 0 Å². The van der Waals surface area contributed by atoms with E-state index in [1.807, 2.05) is 0 Å². The molecule has 0 saturated carbocycles. The van der Waals surface area contributed by atoms with Crippen molar-refractivity contribution in [1.29, 1.82) is 0 Å². The molecule has 0 amide bonds. The topological polar surface area (TPSA) is 41.1 Å². The number of rotatable bonds is 1. The van der Waals surface area contributed by atoms with Crippen LogP contribution < -0.4 is 10.6 Å². The number of carbonyl (C=O) groups is 1. The summed E-state index contributed by atoms with van der Waals surface area (Å²) < 4.78 is 0. The van der Waals surface area contributed by atoms with Gasteiger partial charge in [-0.2, -0.15) is 0 Å². The molecule has 3 heteroatoms. The van der Waals surface area contributed by atoms with Gasteiger partial charge in [-0.25, -0.2) is 0 Å². The summed E-state index contributed by atoms with van der Waals surface area (Å²) in [7, 11) is 0. The van der Waals surface area contributed by atoms with Gasteiger partial charge in [0.15, 0.2) is 6.29 Å². The maximum absolute atomic E-state index is 9.88. The van der Waals surface area contributed by atoms with Gasteiger partial charge in [0.25, 0.3) is 0 Å². The van der Waals surface area contributed by atoms with Crippen molar-refractivity contribution < 1.29 is 4.79 Å². The molecular weight excluding hydrogens is 92.1 g/mol.